The van der Waals surface area contributed by atoms with Crippen LogP contribution >= 0.6 is 27.3 Å². The first kappa shape index (κ1) is 8.83. The molecule has 0 radical (unpaired) electrons. The van der Waals surface area contributed by atoms with Crippen LogP contribution in [0.3, 0.4) is 0 Å². The Balaban J connectivity index is 2.19. The number of aromatic nitrogens is 4. The van der Waals surface area contributed by atoms with Crippen LogP contribution < -0.4 is 0 Å². The number of tetrazole rings is 1. The van der Waals surface area contributed by atoms with E-state index in [2.05, 4.69) is 37.5 Å². The number of aryl methyl sites for hydroxylation is 1. The van der Waals surface area contributed by atoms with Crippen LogP contribution in [0.1, 0.15) is 10.7 Å². The maximum Gasteiger partial charge on any atom is 0.148 e. The highest BCUT2D eigenvalue weighted by molar-refractivity contribution is 9.11. The third-order valence-corrected chi connectivity index (χ3v) is 3.25. The van der Waals surface area contributed by atoms with Gasteiger partial charge in [-0.3, -0.25) is 0 Å². The van der Waals surface area contributed by atoms with Crippen molar-refractivity contribution in [3.05, 3.63) is 26.6 Å². The molecule has 0 saturated heterocycles. The third kappa shape index (κ3) is 1.94. The van der Waals surface area contributed by atoms with Crippen molar-refractivity contribution in [1.29, 1.82) is 0 Å². The minimum Gasteiger partial charge on any atom is -0.225 e. The lowest BCUT2D eigenvalue weighted by molar-refractivity contribution is 0.639. The highest BCUT2D eigenvalue weighted by atomic mass is 79.9. The first-order valence-corrected chi connectivity index (χ1v) is 5.33. The zero-order valence-corrected chi connectivity index (χ0v) is 9.34. The van der Waals surface area contributed by atoms with Gasteiger partial charge in [-0.05, 0) is 45.4 Å². The lowest BCUT2D eigenvalue weighted by Gasteiger charge is -1.96. The van der Waals surface area contributed by atoms with E-state index < -0.39 is 0 Å². The molecule has 6 heteroatoms. The van der Waals surface area contributed by atoms with E-state index >= 15 is 0 Å². The molecule has 13 heavy (non-hydrogen) atoms. The van der Waals surface area contributed by atoms with Crippen LogP contribution in [0.15, 0.2) is 15.9 Å². The van der Waals surface area contributed by atoms with Crippen molar-refractivity contribution >= 4 is 27.3 Å². The number of thiophene rings is 1. The molecule has 68 valence electrons. The molecule has 2 rings (SSSR count). The van der Waals surface area contributed by atoms with Gasteiger partial charge in [0.2, 0.25) is 0 Å². The predicted molar refractivity (Wildman–Crippen MR) is 53.7 cm³/mol. The first-order chi connectivity index (χ1) is 6.25. The predicted octanol–water partition coefficient (Wildman–Crippen LogP) is 1.85. The average molecular weight is 259 g/mol. The van der Waals surface area contributed by atoms with E-state index in [1.54, 1.807) is 16.0 Å². The van der Waals surface area contributed by atoms with Crippen molar-refractivity contribution in [3.63, 3.8) is 0 Å². The molecule has 0 aliphatic rings. The summed E-state index contributed by atoms with van der Waals surface area (Å²) in [5.74, 6) is 0.838. The lowest BCUT2D eigenvalue weighted by Crippen LogP contribution is -2.02. The maximum absolute atomic E-state index is 3.87. The molecule has 4 nitrogen and oxygen atoms in total. The van der Waals surface area contributed by atoms with Crippen molar-refractivity contribution in [3.8, 4) is 0 Å². The second kappa shape index (κ2) is 3.55. The van der Waals surface area contributed by atoms with Crippen molar-refractivity contribution < 1.29 is 0 Å². The normalized spacial score (nSPS) is 10.6. The Hall–Kier alpha value is -0.750. The standard InChI is InChI=1S/C7H7BrN4S/c1-5-9-10-11-12(5)4-6-2-3-7(8)13-6/h2-3H,4H2,1H3. The Morgan fingerprint density at radius 2 is 2.38 bits per heavy atom. The van der Waals surface area contributed by atoms with Crippen LogP contribution in [0.4, 0.5) is 0 Å². The molecule has 0 bridgehead atoms. The molecule has 0 aliphatic carbocycles. The highest BCUT2D eigenvalue weighted by Gasteiger charge is 2.03. The van der Waals surface area contributed by atoms with Gasteiger partial charge in [0.1, 0.15) is 5.82 Å². The van der Waals surface area contributed by atoms with E-state index in [-0.39, 0.29) is 0 Å². The molecule has 2 aromatic rings. The Labute approximate surface area is 87.7 Å². The Morgan fingerprint density at radius 1 is 1.54 bits per heavy atom. The SMILES string of the molecule is Cc1nnnn1Cc1ccc(Br)s1. The van der Waals surface area contributed by atoms with Gasteiger partial charge in [0.05, 0.1) is 10.3 Å². The molecule has 0 aliphatic heterocycles. The van der Waals surface area contributed by atoms with E-state index in [1.807, 2.05) is 13.0 Å². The van der Waals surface area contributed by atoms with Crippen molar-refractivity contribution in [1.82, 2.24) is 20.2 Å². The van der Waals surface area contributed by atoms with Gasteiger partial charge < -0.3 is 0 Å². The van der Waals surface area contributed by atoms with Gasteiger partial charge in [0.15, 0.2) is 0 Å². The van der Waals surface area contributed by atoms with Crippen molar-refractivity contribution in [2.45, 2.75) is 13.5 Å². The molecule has 0 spiro atoms. The van der Waals surface area contributed by atoms with Crippen LogP contribution in [0, 0.1) is 6.92 Å². The van der Waals surface area contributed by atoms with E-state index in [0.29, 0.717) is 0 Å². The van der Waals surface area contributed by atoms with E-state index in [9.17, 15) is 0 Å². The summed E-state index contributed by atoms with van der Waals surface area (Å²) in [6, 6.07) is 4.09. The average Bonchev–Trinajstić information content (AvgIpc) is 2.64. The Kier molecular flexibility index (Phi) is 2.41. The number of rotatable bonds is 2. The zero-order chi connectivity index (χ0) is 9.26. The number of hydrogen-bond acceptors (Lipinski definition) is 4. The van der Waals surface area contributed by atoms with Gasteiger partial charge in [-0.1, -0.05) is 0 Å². The fourth-order valence-corrected chi connectivity index (χ4v) is 2.45. The second-order valence-corrected chi connectivity index (χ2v) is 5.14. The van der Waals surface area contributed by atoms with Crippen molar-refractivity contribution in [2.24, 2.45) is 0 Å². The van der Waals surface area contributed by atoms with Gasteiger partial charge in [-0.15, -0.1) is 16.4 Å². The fraction of sp³-hybridized carbons (Fsp3) is 0.286. The minimum absolute atomic E-state index is 0.745. The molecule has 0 N–H and O–H groups in total. The Bertz CT molecular complexity index is 408. The summed E-state index contributed by atoms with van der Waals surface area (Å²) in [6.07, 6.45) is 0. The molecule has 0 fully saturated rings. The molecule has 0 atom stereocenters. The number of nitrogens with zero attached hydrogens (tertiary/aromatic N) is 4. The van der Waals surface area contributed by atoms with Gasteiger partial charge in [0.25, 0.3) is 0 Å². The molecule has 2 aromatic heterocycles. The summed E-state index contributed by atoms with van der Waals surface area (Å²) >= 11 is 5.11. The van der Waals surface area contributed by atoms with Crippen molar-refractivity contribution in [2.75, 3.05) is 0 Å². The molecular weight excluding hydrogens is 252 g/mol. The molecule has 0 aromatic carbocycles. The quantitative estimate of drug-likeness (QED) is 0.826. The largest absolute Gasteiger partial charge is 0.225 e. The second-order valence-electron chi connectivity index (χ2n) is 2.59. The number of hydrogen-bond donors (Lipinski definition) is 0. The molecule has 2 heterocycles. The van der Waals surface area contributed by atoms with Gasteiger partial charge in [0, 0.05) is 4.88 Å². The van der Waals surface area contributed by atoms with Crippen LogP contribution in [0.5, 0.6) is 0 Å². The molecule has 0 saturated carbocycles. The highest BCUT2D eigenvalue weighted by Crippen LogP contribution is 2.22. The fourth-order valence-electron chi connectivity index (χ4n) is 0.980. The summed E-state index contributed by atoms with van der Waals surface area (Å²) in [4.78, 5) is 1.24. The number of halogens is 1. The molecule has 0 unspecified atom stereocenters. The van der Waals surface area contributed by atoms with Crippen LogP contribution in [-0.4, -0.2) is 20.2 Å². The third-order valence-electron chi connectivity index (χ3n) is 1.65. The smallest absolute Gasteiger partial charge is 0.148 e. The van der Waals surface area contributed by atoms with E-state index in [4.69, 9.17) is 0 Å². The summed E-state index contributed by atoms with van der Waals surface area (Å²) < 4.78 is 2.91. The van der Waals surface area contributed by atoms with Gasteiger partial charge in [-0.25, -0.2) is 4.68 Å². The zero-order valence-electron chi connectivity index (χ0n) is 6.94. The van der Waals surface area contributed by atoms with Gasteiger partial charge >= 0.3 is 0 Å². The lowest BCUT2D eigenvalue weighted by atomic mass is 10.4. The maximum atomic E-state index is 3.87. The Morgan fingerprint density at radius 3 is 2.92 bits per heavy atom. The summed E-state index contributed by atoms with van der Waals surface area (Å²) in [7, 11) is 0. The minimum atomic E-state index is 0.745. The van der Waals surface area contributed by atoms with Crippen LogP contribution in [0.25, 0.3) is 0 Å². The summed E-state index contributed by atoms with van der Waals surface area (Å²) in [5.41, 5.74) is 0. The first-order valence-electron chi connectivity index (χ1n) is 3.72. The summed E-state index contributed by atoms with van der Waals surface area (Å²) in [6.45, 7) is 2.64. The van der Waals surface area contributed by atoms with Gasteiger partial charge in [-0.2, -0.15) is 0 Å². The summed E-state index contributed by atoms with van der Waals surface area (Å²) in [5, 5.41) is 11.3. The molecular formula is C7H7BrN4S. The van der Waals surface area contributed by atoms with E-state index in [0.717, 1.165) is 16.2 Å². The van der Waals surface area contributed by atoms with E-state index in [1.165, 1.54) is 4.88 Å². The monoisotopic (exact) mass is 258 g/mol. The van der Waals surface area contributed by atoms with Crippen LogP contribution in [-0.2, 0) is 6.54 Å². The topological polar surface area (TPSA) is 43.6 Å². The van der Waals surface area contributed by atoms with Crippen LogP contribution in [0.2, 0.25) is 0 Å². The molecule has 0 amide bonds.